The van der Waals surface area contributed by atoms with Crippen molar-refractivity contribution in [2.75, 3.05) is 19.7 Å². The molecule has 0 bridgehead atoms. The molecule has 4 rings (SSSR count). The summed E-state index contributed by atoms with van der Waals surface area (Å²) in [6.07, 6.45) is 0.706. The number of pyridine rings is 1. The number of nitrogens with zero attached hydrogens (tertiary/aromatic N) is 2. The fourth-order valence-electron chi connectivity index (χ4n) is 3.88. The molecule has 3 aromatic rings. The summed E-state index contributed by atoms with van der Waals surface area (Å²) in [6.45, 7) is 2.97. The maximum absolute atomic E-state index is 13.1. The molecule has 2 heterocycles. The zero-order valence-corrected chi connectivity index (χ0v) is 18.0. The Hall–Kier alpha value is -3.13. The quantitative estimate of drug-likeness (QED) is 0.653. The van der Waals surface area contributed by atoms with Crippen LogP contribution in [0.5, 0.6) is 11.5 Å². The van der Waals surface area contributed by atoms with Crippen molar-refractivity contribution in [3.05, 3.63) is 60.3 Å². The zero-order chi connectivity index (χ0) is 22.0. The van der Waals surface area contributed by atoms with Gasteiger partial charge in [0, 0.05) is 18.5 Å². The van der Waals surface area contributed by atoms with Gasteiger partial charge in [0.25, 0.3) is 5.91 Å². The number of hydrogen-bond donors (Lipinski definition) is 1. The number of benzene rings is 2. The van der Waals surface area contributed by atoms with Crippen LogP contribution in [-0.4, -0.2) is 54.3 Å². The van der Waals surface area contributed by atoms with Crippen LogP contribution in [0.15, 0.2) is 59.5 Å². The van der Waals surface area contributed by atoms with Crippen molar-refractivity contribution >= 4 is 26.6 Å². The molecule has 1 saturated heterocycles. The largest absolute Gasteiger partial charge is 0.506 e. The molecule has 1 fully saturated rings. The van der Waals surface area contributed by atoms with Gasteiger partial charge < -0.3 is 14.7 Å². The van der Waals surface area contributed by atoms with Gasteiger partial charge in [-0.1, -0.05) is 24.3 Å². The van der Waals surface area contributed by atoms with Gasteiger partial charge in [0.15, 0.2) is 9.84 Å². The number of amides is 1. The van der Waals surface area contributed by atoms with Crippen molar-refractivity contribution in [2.24, 2.45) is 0 Å². The van der Waals surface area contributed by atoms with E-state index in [1.54, 1.807) is 47.4 Å². The molecule has 2 aromatic carbocycles. The number of fused-ring (bicyclic) bond motifs is 1. The van der Waals surface area contributed by atoms with E-state index in [0.29, 0.717) is 43.8 Å². The number of phenolic OH excluding ortho intramolecular Hbond substituents is 1. The summed E-state index contributed by atoms with van der Waals surface area (Å²) in [6, 6.07) is 15.0. The van der Waals surface area contributed by atoms with Crippen molar-refractivity contribution in [1.29, 1.82) is 0 Å². The summed E-state index contributed by atoms with van der Waals surface area (Å²) in [7, 11) is -3.52. The Labute approximate surface area is 181 Å². The monoisotopic (exact) mass is 440 g/mol. The molecule has 1 aliphatic heterocycles. The molecule has 162 valence electrons. The van der Waals surface area contributed by atoms with Crippen LogP contribution < -0.4 is 4.74 Å². The number of likely N-dealkylation sites (tertiary alicyclic amines) is 1. The minimum Gasteiger partial charge on any atom is -0.506 e. The number of phenols is 1. The Morgan fingerprint density at radius 3 is 2.61 bits per heavy atom. The predicted octanol–water partition coefficient (Wildman–Crippen LogP) is 3.42. The van der Waals surface area contributed by atoms with Crippen LogP contribution in [0, 0.1) is 0 Å². The lowest BCUT2D eigenvalue weighted by Crippen LogP contribution is -2.42. The van der Waals surface area contributed by atoms with Gasteiger partial charge in [0.05, 0.1) is 16.8 Å². The average Bonchev–Trinajstić information content (AvgIpc) is 2.79. The number of piperidine rings is 1. The average molecular weight is 441 g/mol. The minimum absolute atomic E-state index is 0.0197. The molecule has 1 N–H and O–H groups in total. The van der Waals surface area contributed by atoms with E-state index in [2.05, 4.69) is 4.98 Å². The summed E-state index contributed by atoms with van der Waals surface area (Å²) in [5, 5.41) is 10.2. The van der Waals surface area contributed by atoms with E-state index in [9.17, 15) is 18.3 Å². The fraction of sp³-hybridized carbons (Fsp3) is 0.304. The van der Waals surface area contributed by atoms with Gasteiger partial charge in [-0.2, -0.15) is 0 Å². The molecule has 8 heteroatoms. The predicted molar refractivity (Wildman–Crippen MR) is 117 cm³/mol. The smallest absolute Gasteiger partial charge is 0.272 e. The van der Waals surface area contributed by atoms with Gasteiger partial charge >= 0.3 is 0 Å². The van der Waals surface area contributed by atoms with Crippen LogP contribution in [0.4, 0.5) is 0 Å². The van der Waals surface area contributed by atoms with E-state index in [4.69, 9.17) is 4.74 Å². The molecule has 31 heavy (non-hydrogen) atoms. The molecular weight excluding hydrogens is 416 g/mol. The van der Waals surface area contributed by atoms with Crippen LogP contribution in [0.1, 0.15) is 30.3 Å². The number of carbonyl (C=O) groups is 1. The number of aromatic nitrogens is 1. The molecule has 0 saturated carbocycles. The molecule has 7 nitrogen and oxygen atoms in total. The van der Waals surface area contributed by atoms with E-state index >= 15 is 0 Å². The first-order valence-corrected chi connectivity index (χ1v) is 11.8. The lowest BCUT2D eigenvalue weighted by atomic mass is 10.1. The molecule has 0 radical (unpaired) electrons. The van der Waals surface area contributed by atoms with Crippen LogP contribution in [-0.2, 0) is 9.84 Å². The Morgan fingerprint density at radius 1 is 1.13 bits per heavy atom. The van der Waals surface area contributed by atoms with E-state index in [1.807, 2.05) is 13.0 Å². The highest BCUT2D eigenvalue weighted by Crippen LogP contribution is 2.28. The van der Waals surface area contributed by atoms with Gasteiger partial charge in [0.2, 0.25) is 0 Å². The van der Waals surface area contributed by atoms with Gasteiger partial charge in [-0.3, -0.25) is 4.79 Å². The first-order chi connectivity index (χ1) is 14.9. The van der Waals surface area contributed by atoms with Crippen LogP contribution >= 0.6 is 0 Å². The number of hydrogen-bond acceptors (Lipinski definition) is 6. The summed E-state index contributed by atoms with van der Waals surface area (Å²) in [5.41, 5.74) is 0.611. The lowest BCUT2D eigenvalue weighted by Gasteiger charge is -2.31. The molecule has 0 spiro atoms. The molecule has 1 aromatic heterocycles. The Morgan fingerprint density at radius 2 is 1.87 bits per heavy atom. The first-order valence-electron chi connectivity index (χ1n) is 10.2. The normalized spacial score (nSPS) is 15.2. The third-order valence-electron chi connectivity index (χ3n) is 5.53. The minimum atomic E-state index is -3.52. The van der Waals surface area contributed by atoms with Crippen molar-refractivity contribution in [3.63, 3.8) is 0 Å². The van der Waals surface area contributed by atoms with Crippen LogP contribution in [0.3, 0.4) is 0 Å². The zero-order valence-electron chi connectivity index (χ0n) is 17.2. The molecule has 1 amide bonds. The SMILES string of the molecule is CCOc1cccc(S(=O)(=O)C2CCN(C(=O)c3ccc4cccc(O)c4n3)CC2)c1. The van der Waals surface area contributed by atoms with E-state index in [-0.39, 0.29) is 22.2 Å². The van der Waals surface area contributed by atoms with Gasteiger partial charge in [0.1, 0.15) is 22.7 Å². The molecule has 0 atom stereocenters. The molecule has 0 unspecified atom stereocenters. The topological polar surface area (TPSA) is 96.8 Å². The van der Waals surface area contributed by atoms with Crippen LogP contribution in [0.2, 0.25) is 0 Å². The van der Waals surface area contributed by atoms with E-state index in [0.717, 1.165) is 5.39 Å². The van der Waals surface area contributed by atoms with Gasteiger partial charge in [-0.05, 0) is 50.1 Å². The number of rotatable bonds is 5. The van der Waals surface area contributed by atoms with Gasteiger partial charge in [-0.25, -0.2) is 13.4 Å². The first kappa shape index (κ1) is 21.1. The Kier molecular flexibility index (Phi) is 5.82. The Balaban J connectivity index is 1.47. The Bertz CT molecular complexity index is 1220. The summed E-state index contributed by atoms with van der Waals surface area (Å²) < 4.78 is 31.6. The second-order valence-electron chi connectivity index (χ2n) is 7.49. The third kappa shape index (κ3) is 4.20. The number of ether oxygens (including phenoxy) is 1. The van der Waals surface area contributed by atoms with Crippen molar-refractivity contribution < 1.29 is 23.1 Å². The highest BCUT2D eigenvalue weighted by Gasteiger charge is 2.33. The van der Waals surface area contributed by atoms with Crippen molar-refractivity contribution in [2.45, 2.75) is 29.9 Å². The van der Waals surface area contributed by atoms with Crippen molar-refractivity contribution in [3.8, 4) is 11.5 Å². The second kappa shape index (κ2) is 8.55. The number of aromatic hydroxyl groups is 1. The lowest BCUT2D eigenvalue weighted by molar-refractivity contribution is 0.0720. The summed E-state index contributed by atoms with van der Waals surface area (Å²) in [5.74, 6) is 0.285. The molecule has 1 aliphatic rings. The standard InChI is InChI=1S/C23H24N2O5S/c1-2-30-17-6-4-7-19(15-17)31(28,29)18-11-13-25(14-12-18)23(27)20-10-9-16-5-3-8-21(26)22(16)24-20/h3-10,15,18,26H,2,11-14H2,1H3. The third-order valence-corrected chi connectivity index (χ3v) is 7.79. The highest BCUT2D eigenvalue weighted by molar-refractivity contribution is 7.92. The van der Waals surface area contributed by atoms with E-state index in [1.165, 1.54) is 6.07 Å². The van der Waals surface area contributed by atoms with Crippen molar-refractivity contribution in [1.82, 2.24) is 9.88 Å². The molecular formula is C23H24N2O5S. The highest BCUT2D eigenvalue weighted by atomic mass is 32.2. The van der Waals surface area contributed by atoms with E-state index < -0.39 is 15.1 Å². The number of carbonyl (C=O) groups excluding carboxylic acids is 1. The summed E-state index contributed by atoms with van der Waals surface area (Å²) >= 11 is 0. The number of sulfone groups is 1. The van der Waals surface area contributed by atoms with Crippen LogP contribution in [0.25, 0.3) is 10.9 Å². The number of para-hydroxylation sites is 1. The maximum Gasteiger partial charge on any atom is 0.272 e. The molecule has 0 aliphatic carbocycles. The second-order valence-corrected chi connectivity index (χ2v) is 9.72. The maximum atomic E-state index is 13.1. The summed E-state index contributed by atoms with van der Waals surface area (Å²) in [4.78, 5) is 19.1. The fourth-order valence-corrected chi connectivity index (χ4v) is 5.65. The van der Waals surface area contributed by atoms with Gasteiger partial charge in [-0.15, -0.1) is 0 Å².